The van der Waals surface area contributed by atoms with Gasteiger partial charge in [-0.05, 0) is 12.2 Å². The maximum Gasteiger partial charge on any atom is 0.223 e. The van der Waals surface area contributed by atoms with Gasteiger partial charge in [0.2, 0.25) is 5.78 Å². The molecule has 3 nitrogen and oxygen atoms in total. The van der Waals surface area contributed by atoms with Gasteiger partial charge < -0.3 is 0 Å². The highest BCUT2D eigenvalue weighted by atomic mass is 32.1. The lowest BCUT2D eigenvalue weighted by molar-refractivity contribution is 0.103. The third-order valence-corrected chi connectivity index (χ3v) is 2.76. The molecule has 0 amide bonds. The van der Waals surface area contributed by atoms with Crippen molar-refractivity contribution in [3.8, 4) is 0 Å². The number of nitrogens with zero attached hydrogens (tertiary/aromatic N) is 1. The van der Waals surface area contributed by atoms with Crippen LogP contribution in [0.4, 0.5) is 0 Å². The van der Waals surface area contributed by atoms with E-state index in [0.29, 0.717) is 14.5 Å². The molecule has 70 valence electrons. The number of nitrogens with one attached hydrogen (secondary N) is 1. The Morgan fingerprint density at radius 3 is 2.64 bits per heavy atom. The first-order valence-corrected chi connectivity index (χ1v) is 5.15. The van der Waals surface area contributed by atoms with Crippen molar-refractivity contribution in [1.29, 1.82) is 0 Å². The molecule has 0 radical (unpaired) electrons. The van der Waals surface area contributed by atoms with Gasteiger partial charge in [0, 0.05) is 5.56 Å². The maximum absolute atomic E-state index is 11.7. The molecule has 0 fully saturated rings. The predicted octanol–water partition coefficient (Wildman–Crippen LogP) is 2.43. The summed E-state index contributed by atoms with van der Waals surface area (Å²) in [7, 11) is 0. The minimum atomic E-state index is -0.0945. The summed E-state index contributed by atoms with van der Waals surface area (Å²) >= 11 is 6.04. The molecule has 1 aromatic heterocycles. The van der Waals surface area contributed by atoms with Crippen LogP contribution >= 0.6 is 23.6 Å². The van der Waals surface area contributed by atoms with Gasteiger partial charge in [-0.25, -0.2) is 0 Å². The van der Waals surface area contributed by atoms with Crippen LogP contribution in [0.1, 0.15) is 15.4 Å². The number of carbonyl (C=O) groups excluding carboxylic acids is 1. The molecule has 0 spiro atoms. The van der Waals surface area contributed by atoms with Gasteiger partial charge in [-0.3, -0.25) is 9.89 Å². The minimum absolute atomic E-state index is 0.0945. The number of benzene rings is 1. The summed E-state index contributed by atoms with van der Waals surface area (Å²) in [5.41, 5.74) is 0.630. The molecule has 0 unspecified atom stereocenters. The third-order valence-electron chi connectivity index (χ3n) is 1.67. The zero-order valence-electron chi connectivity index (χ0n) is 7.06. The van der Waals surface area contributed by atoms with E-state index in [0.717, 1.165) is 0 Å². The van der Waals surface area contributed by atoms with Crippen molar-refractivity contribution in [3.05, 3.63) is 44.9 Å². The Labute approximate surface area is 89.4 Å². The molecule has 0 aliphatic carbocycles. The van der Waals surface area contributed by atoms with Gasteiger partial charge in [0.25, 0.3) is 0 Å². The summed E-state index contributed by atoms with van der Waals surface area (Å²) in [6, 6.07) is 9.02. The fourth-order valence-corrected chi connectivity index (χ4v) is 1.89. The molecule has 1 aromatic carbocycles. The Balaban J connectivity index is 2.38. The molecular weight excluding hydrogens is 216 g/mol. The van der Waals surface area contributed by atoms with E-state index >= 15 is 0 Å². The number of hydrogen-bond acceptors (Lipinski definition) is 4. The zero-order valence-corrected chi connectivity index (χ0v) is 8.69. The monoisotopic (exact) mass is 222 g/mol. The molecule has 14 heavy (non-hydrogen) atoms. The fraction of sp³-hybridized carbons (Fsp3) is 0. The van der Waals surface area contributed by atoms with Crippen LogP contribution in [0.25, 0.3) is 0 Å². The highest BCUT2D eigenvalue weighted by molar-refractivity contribution is 7.73. The molecule has 0 saturated carbocycles. The van der Waals surface area contributed by atoms with Crippen LogP contribution in [0, 0.1) is 3.95 Å². The lowest BCUT2D eigenvalue weighted by atomic mass is 10.1. The number of H-pyrrole nitrogens is 1. The van der Waals surface area contributed by atoms with Crippen LogP contribution in [-0.4, -0.2) is 16.0 Å². The van der Waals surface area contributed by atoms with E-state index < -0.39 is 0 Å². The van der Waals surface area contributed by atoms with Gasteiger partial charge in [-0.15, -0.1) is 0 Å². The average molecular weight is 222 g/mol. The molecule has 2 rings (SSSR count). The Kier molecular flexibility index (Phi) is 2.51. The van der Waals surface area contributed by atoms with Crippen molar-refractivity contribution in [2.24, 2.45) is 0 Å². The summed E-state index contributed by atoms with van der Waals surface area (Å²) in [4.78, 5) is 11.7. The summed E-state index contributed by atoms with van der Waals surface area (Å²) in [5, 5.41) is 6.82. The van der Waals surface area contributed by atoms with E-state index in [1.54, 1.807) is 12.1 Å². The van der Waals surface area contributed by atoms with Gasteiger partial charge in [0.05, 0.1) is 0 Å². The first-order chi connectivity index (χ1) is 6.77. The van der Waals surface area contributed by atoms with E-state index in [4.69, 9.17) is 12.2 Å². The van der Waals surface area contributed by atoms with E-state index in [1.165, 1.54) is 11.3 Å². The first kappa shape index (κ1) is 9.23. The first-order valence-electron chi connectivity index (χ1n) is 3.92. The number of hydrogen-bond donors (Lipinski definition) is 1. The highest BCUT2D eigenvalue weighted by Crippen LogP contribution is 2.11. The van der Waals surface area contributed by atoms with E-state index in [-0.39, 0.29) is 5.78 Å². The second-order valence-electron chi connectivity index (χ2n) is 2.61. The molecule has 5 heteroatoms. The number of ketones is 1. The van der Waals surface area contributed by atoms with Crippen LogP contribution < -0.4 is 0 Å². The number of aromatic nitrogens is 2. The molecule has 0 aliphatic rings. The van der Waals surface area contributed by atoms with Crippen LogP contribution in [0.5, 0.6) is 0 Å². The smallest absolute Gasteiger partial charge is 0.223 e. The second-order valence-corrected chi connectivity index (χ2v) is 4.28. The molecule has 0 saturated heterocycles. The van der Waals surface area contributed by atoms with Crippen molar-refractivity contribution >= 4 is 29.3 Å². The minimum Gasteiger partial charge on any atom is -0.286 e. The Morgan fingerprint density at radius 2 is 2.07 bits per heavy atom. The normalized spacial score (nSPS) is 10.0. The van der Waals surface area contributed by atoms with E-state index in [2.05, 4.69) is 10.2 Å². The lowest BCUT2D eigenvalue weighted by Crippen LogP contribution is -1.99. The van der Waals surface area contributed by atoms with Gasteiger partial charge >= 0.3 is 0 Å². The molecule has 1 N–H and O–H groups in total. The van der Waals surface area contributed by atoms with Gasteiger partial charge in [-0.2, -0.15) is 5.10 Å². The maximum atomic E-state index is 11.7. The summed E-state index contributed by atoms with van der Waals surface area (Å²) < 4.78 is 0.518. The van der Waals surface area contributed by atoms with Crippen molar-refractivity contribution in [2.45, 2.75) is 0 Å². The van der Waals surface area contributed by atoms with Crippen LogP contribution in [0.3, 0.4) is 0 Å². The molecule has 0 bridgehead atoms. The van der Waals surface area contributed by atoms with Crippen molar-refractivity contribution in [1.82, 2.24) is 10.2 Å². The van der Waals surface area contributed by atoms with Crippen LogP contribution in [0.15, 0.2) is 30.3 Å². The molecule has 0 aliphatic heterocycles. The largest absolute Gasteiger partial charge is 0.286 e. The Bertz CT molecular complexity index is 501. The summed E-state index contributed by atoms with van der Waals surface area (Å²) in [6.07, 6.45) is 0. The Morgan fingerprint density at radius 1 is 1.36 bits per heavy atom. The van der Waals surface area contributed by atoms with Gasteiger partial charge in [0.15, 0.2) is 8.96 Å². The average Bonchev–Trinajstić information content (AvgIpc) is 2.65. The molecular formula is C9H6N2OS2. The predicted molar refractivity (Wildman–Crippen MR) is 57.2 cm³/mol. The Hall–Kier alpha value is -1.33. The van der Waals surface area contributed by atoms with Crippen LogP contribution in [0.2, 0.25) is 0 Å². The van der Waals surface area contributed by atoms with Crippen molar-refractivity contribution in [2.75, 3.05) is 0 Å². The molecule has 1 heterocycles. The zero-order chi connectivity index (χ0) is 9.97. The number of rotatable bonds is 2. The fourth-order valence-electron chi connectivity index (χ4n) is 1.04. The van der Waals surface area contributed by atoms with E-state index in [9.17, 15) is 4.79 Å². The number of aromatic amines is 1. The van der Waals surface area contributed by atoms with Crippen molar-refractivity contribution in [3.63, 3.8) is 0 Å². The van der Waals surface area contributed by atoms with E-state index in [1.807, 2.05) is 18.2 Å². The van der Waals surface area contributed by atoms with Gasteiger partial charge in [0.1, 0.15) is 0 Å². The second kappa shape index (κ2) is 3.81. The summed E-state index contributed by atoms with van der Waals surface area (Å²) in [5.74, 6) is -0.0945. The van der Waals surface area contributed by atoms with Crippen LogP contribution in [-0.2, 0) is 0 Å². The number of carbonyl (C=O) groups is 1. The highest BCUT2D eigenvalue weighted by Gasteiger charge is 2.11. The van der Waals surface area contributed by atoms with Crippen molar-refractivity contribution < 1.29 is 4.79 Å². The van der Waals surface area contributed by atoms with Gasteiger partial charge in [-0.1, -0.05) is 41.7 Å². The third kappa shape index (κ3) is 1.78. The molecule has 0 atom stereocenters. The quantitative estimate of drug-likeness (QED) is 0.627. The lowest BCUT2D eigenvalue weighted by Gasteiger charge is -1.93. The molecule has 2 aromatic rings. The topological polar surface area (TPSA) is 45.8 Å². The SMILES string of the molecule is O=C(c1ccccc1)c1n[nH]c(=S)s1. The standard InChI is InChI=1S/C9H6N2OS2/c12-7(6-4-2-1-3-5-6)8-10-11-9(13)14-8/h1-5H,(H,11,13). The summed E-state index contributed by atoms with van der Waals surface area (Å²) in [6.45, 7) is 0.